The second-order valence-electron chi connectivity index (χ2n) is 5.83. The van der Waals surface area contributed by atoms with Gasteiger partial charge in [-0.25, -0.2) is 9.59 Å². The molecule has 2 amide bonds. The van der Waals surface area contributed by atoms with Gasteiger partial charge in [-0.3, -0.25) is 0 Å². The summed E-state index contributed by atoms with van der Waals surface area (Å²) in [5, 5.41) is 14.6. The van der Waals surface area contributed by atoms with E-state index < -0.39 is 18.0 Å². The number of carbonyl (C=O) groups excluding carboxylic acids is 1. The zero-order valence-corrected chi connectivity index (χ0v) is 14.5. The molecule has 1 atom stereocenters. The molecule has 0 aliphatic rings. The molecule has 1 rings (SSSR count). The maximum Gasteiger partial charge on any atom is 0.326 e. The SMILES string of the molecule is Cc1cc(OCNC(=O)NC(CC(C)C)C(=O)O)cc(C)c1Cl. The number of carbonyl (C=O) groups is 2. The maximum atomic E-state index is 11.7. The van der Waals surface area contributed by atoms with Crippen LogP contribution in [0.1, 0.15) is 31.4 Å². The Morgan fingerprint density at radius 2 is 1.83 bits per heavy atom. The topological polar surface area (TPSA) is 87.7 Å². The first-order valence-corrected chi connectivity index (χ1v) is 7.75. The predicted molar refractivity (Wildman–Crippen MR) is 89.0 cm³/mol. The van der Waals surface area contributed by atoms with Crippen molar-refractivity contribution in [1.82, 2.24) is 10.6 Å². The van der Waals surface area contributed by atoms with E-state index in [9.17, 15) is 9.59 Å². The minimum atomic E-state index is -1.06. The second kappa shape index (κ2) is 8.62. The lowest BCUT2D eigenvalue weighted by atomic mass is 10.0. The van der Waals surface area contributed by atoms with Crippen molar-refractivity contribution in [2.24, 2.45) is 5.92 Å². The molecule has 1 aromatic carbocycles. The van der Waals surface area contributed by atoms with Crippen molar-refractivity contribution in [3.05, 3.63) is 28.3 Å². The van der Waals surface area contributed by atoms with Gasteiger partial charge in [0.15, 0.2) is 6.73 Å². The van der Waals surface area contributed by atoms with Crippen molar-refractivity contribution in [1.29, 1.82) is 0 Å². The molecule has 0 radical (unpaired) electrons. The van der Waals surface area contributed by atoms with Gasteiger partial charge in [-0.1, -0.05) is 25.4 Å². The summed E-state index contributed by atoms with van der Waals surface area (Å²) in [6, 6.07) is 2.04. The minimum absolute atomic E-state index is 0.0691. The highest BCUT2D eigenvalue weighted by Gasteiger charge is 2.20. The van der Waals surface area contributed by atoms with Gasteiger partial charge in [0.2, 0.25) is 0 Å². The van der Waals surface area contributed by atoms with E-state index in [2.05, 4.69) is 10.6 Å². The fourth-order valence-corrected chi connectivity index (χ4v) is 2.19. The summed E-state index contributed by atoms with van der Waals surface area (Å²) in [5.41, 5.74) is 1.77. The Morgan fingerprint density at radius 3 is 2.30 bits per heavy atom. The molecule has 128 valence electrons. The lowest BCUT2D eigenvalue weighted by Gasteiger charge is -2.17. The van der Waals surface area contributed by atoms with E-state index >= 15 is 0 Å². The predicted octanol–water partition coefficient (Wildman–Crippen LogP) is 3.09. The van der Waals surface area contributed by atoms with Gasteiger partial charge in [-0.15, -0.1) is 0 Å². The number of amides is 2. The van der Waals surface area contributed by atoms with Gasteiger partial charge in [0, 0.05) is 5.02 Å². The molecule has 1 unspecified atom stereocenters. The molecule has 7 heteroatoms. The Balaban J connectivity index is 2.49. The third kappa shape index (κ3) is 6.36. The fourth-order valence-electron chi connectivity index (χ4n) is 2.08. The first-order valence-electron chi connectivity index (χ1n) is 7.37. The molecular weight excluding hydrogens is 320 g/mol. The highest BCUT2D eigenvalue weighted by atomic mass is 35.5. The molecule has 0 spiro atoms. The number of aryl methyl sites for hydroxylation is 2. The van der Waals surface area contributed by atoms with Crippen LogP contribution in [0.25, 0.3) is 0 Å². The van der Waals surface area contributed by atoms with Crippen molar-refractivity contribution in [3.63, 3.8) is 0 Å². The van der Waals surface area contributed by atoms with Crippen LogP contribution in [-0.2, 0) is 4.79 Å². The van der Waals surface area contributed by atoms with Crippen LogP contribution in [-0.4, -0.2) is 29.9 Å². The van der Waals surface area contributed by atoms with E-state index in [1.807, 2.05) is 27.7 Å². The van der Waals surface area contributed by atoms with Crippen molar-refractivity contribution in [3.8, 4) is 5.75 Å². The van der Waals surface area contributed by atoms with Crippen LogP contribution in [0.15, 0.2) is 12.1 Å². The maximum absolute atomic E-state index is 11.7. The summed E-state index contributed by atoms with van der Waals surface area (Å²) >= 11 is 6.07. The quantitative estimate of drug-likeness (QED) is 0.664. The molecule has 23 heavy (non-hydrogen) atoms. The summed E-state index contributed by atoms with van der Waals surface area (Å²) in [7, 11) is 0. The first kappa shape index (κ1) is 19.1. The molecule has 0 bridgehead atoms. The third-order valence-electron chi connectivity index (χ3n) is 3.19. The van der Waals surface area contributed by atoms with Gasteiger partial charge in [0.1, 0.15) is 11.8 Å². The molecule has 0 aromatic heterocycles. The summed E-state index contributed by atoms with van der Waals surface area (Å²) in [6.07, 6.45) is 0.360. The summed E-state index contributed by atoms with van der Waals surface area (Å²) < 4.78 is 5.44. The van der Waals surface area contributed by atoms with Crippen molar-refractivity contribution < 1.29 is 19.4 Å². The Labute approximate surface area is 141 Å². The molecule has 6 nitrogen and oxygen atoms in total. The normalized spacial score (nSPS) is 11.9. The van der Waals surface area contributed by atoms with Crippen molar-refractivity contribution >= 4 is 23.6 Å². The number of ether oxygens (including phenoxy) is 1. The zero-order chi connectivity index (χ0) is 17.6. The van der Waals surface area contributed by atoms with Crippen LogP contribution in [0, 0.1) is 19.8 Å². The van der Waals surface area contributed by atoms with E-state index in [1.54, 1.807) is 12.1 Å². The molecule has 0 fully saturated rings. The number of rotatable bonds is 7. The van der Waals surface area contributed by atoms with E-state index in [0.717, 1.165) is 11.1 Å². The van der Waals surface area contributed by atoms with Crippen molar-refractivity contribution in [2.75, 3.05) is 6.73 Å². The number of urea groups is 1. The number of nitrogens with one attached hydrogen (secondary N) is 2. The van der Waals surface area contributed by atoms with E-state index in [1.165, 1.54) is 0 Å². The lowest BCUT2D eigenvalue weighted by molar-refractivity contribution is -0.139. The number of carboxylic acid groups (broad SMARTS) is 1. The summed E-state index contributed by atoms with van der Waals surface area (Å²) in [5.74, 6) is -0.312. The molecule has 0 saturated heterocycles. The fraction of sp³-hybridized carbons (Fsp3) is 0.500. The molecule has 0 aliphatic heterocycles. The second-order valence-corrected chi connectivity index (χ2v) is 6.21. The molecular formula is C16H23ClN2O4. The number of carboxylic acids is 1. The molecule has 0 aliphatic carbocycles. The average molecular weight is 343 g/mol. The van der Waals surface area contributed by atoms with Crippen LogP contribution >= 0.6 is 11.6 Å². The highest BCUT2D eigenvalue weighted by molar-refractivity contribution is 6.32. The molecule has 1 aromatic rings. The molecule has 3 N–H and O–H groups in total. The Kier molecular flexibility index (Phi) is 7.16. The lowest BCUT2D eigenvalue weighted by Crippen LogP contribution is -2.47. The standard InChI is InChI=1S/C16H23ClN2O4/c1-9(2)5-13(15(20)21)19-16(22)18-8-23-12-6-10(3)14(17)11(4)7-12/h6-7,9,13H,5,8H2,1-4H3,(H,20,21)(H2,18,19,22). The number of halogens is 1. The van der Waals surface area contributed by atoms with Gasteiger partial charge in [-0.05, 0) is 49.4 Å². The molecule has 0 saturated carbocycles. The monoisotopic (exact) mass is 342 g/mol. The van der Waals surface area contributed by atoms with Gasteiger partial charge in [-0.2, -0.15) is 0 Å². The highest BCUT2D eigenvalue weighted by Crippen LogP contribution is 2.25. The van der Waals surface area contributed by atoms with Crippen LogP contribution in [0.5, 0.6) is 5.75 Å². The van der Waals surface area contributed by atoms with Gasteiger partial charge >= 0.3 is 12.0 Å². The van der Waals surface area contributed by atoms with Gasteiger partial charge < -0.3 is 20.5 Å². The number of hydrogen-bond acceptors (Lipinski definition) is 3. The summed E-state index contributed by atoms with van der Waals surface area (Å²) in [6.45, 7) is 7.45. The first-order chi connectivity index (χ1) is 10.7. The zero-order valence-electron chi connectivity index (χ0n) is 13.8. The Hall–Kier alpha value is -1.95. The van der Waals surface area contributed by atoms with Gasteiger partial charge in [0.25, 0.3) is 0 Å². The number of benzene rings is 1. The van der Waals surface area contributed by atoms with Crippen molar-refractivity contribution in [2.45, 2.75) is 40.2 Å². The van der Waals surface area contributed by atoms with E-state index in [-0.39, 0.29) is 12.6 Å². The smallest absolute Gasteiger partial charge is 0.326 e. The van der Waals surface area contributed by atoms with Gasteiger partial charge in [0.05, 0.1) is 0 Å². The largest absolute Gasteiger partial charge is 0.480 e. The van der Waals surface area contributed by atoms with E-state index in [4.69, 9.17) is 21.4 Å². The van der Waals surface area contributed by atoms with Crippen LogP contribution in [0.3, 0.4) is 0 Å². The molecule has 0 heterocycles. The van der Waals surface area contributed by atoms with E-state index in [0.29, 0.717) is 17.2 Å². The minimum Gasteiger partial charge on any atom is -0.480 e. The average Bonchev–Trinajstić information content (AvgIpc) is 2.43. The van der Waals surface area contributed by atoms with Crippen LogP contribution in [0.2, 0.25) is 5.02 Å². The Morgan fingerprint density at radius 1 is 1.26 bits per heavy atom. The Bertz CT molecular complexity index is 552. The number of aliphatic carboxylic acids is 1. The van der Waals surface area contributed by atoms with Crippen LogP contribution < -0.4 is 15.4 Å². The number of hydrogen-bond donors (Lipinski definition) is 3. The third-order valence-corrected chi connectivity index (χ3v) is 3.79. The van der Waals surface area contributed by atoms with Crippen LogP contribution in [0.4, 0.5) is 4.79 Å². The summed E-state index contributed by atoms with van der Waals surface area (Å²) in [4.78, 5) is 22.8.